The van der Waals surface area contributed by atoms with Crippen LogP contribution in [-0.2, 0) is 9.53 Å². The predicted octanol–water partition coefficient (Wildman–Crippen LogP) is -0.814. The molecule has 1 unspecified atom stereocenters. The molecule has 0 aliphatic rings. The fourth-order valence-electron chi connectivity index (χ4n) is 0.716. The zero-order valence-electron chi connectivity index (χ0n) is 7.06. The summed E-state index contributed by atoms with van der Waals surface area (Å²) < 4.78 is 4.88. The molecule has 0 spiro atoms. The maximum atomic E-state index is 10.2. The Morgan fingerprint density at radius 2 is 2.25 bits per heavy atom. The number of carbonyl (C=O) groups is 1. The fraction of sp³-hybridized carbons (Fsp3) is 0.857. The van der Waals surface area contributed by atoms with Crippen molar-refractivity contribution >= 4 is 5.97 Å². The number of carboxylic acid groups (broad SMARTS) is 1. The van der Waals surface area contributed by atoms with Crippen LogP contribution in [0, 0.1) is 0 Å². The molecule has 72 valence electrons. The van der Waals surface area contributed by atoms with Crippen LogP contribution >= 0.6 is 0 Å². The average molecular weight is 177 g/mol. The summed E-state index contributed by atoms with van der Waals surface area (Å²) in [5.41, 5.74) is 5.17. The van der Waals surface area contributed by atoms with Gasteiger partial charge < -0.3 is 20.7 Å². The summed E-state index contributed by atoms with van der Waals surface area (Å²) in [7, 11) is 0. The molecule has 0 bridgehead atoms. The Morgan fingerprint density at radius 3 is 2.67 bits per heavy atom. The highest BCUT2D eigenvalue weighted by Crippen LogP contribution is 1.96. The van der Waals surface area contributed by atoms with E-state index >= 15 is 0 Å². The average Bonchev–Trinajstić information content (AvgIpc) is 2.00. The van der Waals surface area contributed by atoms with Crippen molar-refractivity contribution < 1.29 is 19.7 Å². The molecule has 0 amide bonds. The van der Waals surface area contributed by atoms with Gasteiger partial charge in [-0.2, -0.15) is 0 Å². The molecule has 0 saturated carbocycles. The van der Waals surface area contributed by atoms with Crippen molar-refractivity contribution in [3.8, 4) is 0 Å². The summed E-state index contributed by atoms with van der Waals surface area (Å²) in [6, 6.07) is -1.01. The molecule has 0 aromatic rings. The second-order valence-corrected chi connectivity index (χ2v) is 2.49. The maximum absolute atomic E-state index is 10.2. The molecule has 2 atom stereocenters. The zero-order valence-corrected chi connectivity index (χ0v) is 7.06. The molecule has 0 aromatic carbocycles. The van der Waals surface area contributed by atoms with Crippen LogP contribution in [0.15, 0.2) is 0 Å². The van der Waals surface area contributed by atoms with E-state index in [1.54, 1.807) is 6.92 Å². The van der Waals surface area contributed by atoms with Gasteiger partial charge in [-0.05, 0) is 6.92 Å². The lowest BCUT2D eigenvalue weighted by molar-refractivity contribution is -0.139. The molecule has 0 rings (SSSR count). The summed E-state index contributed by atoms with van der Waals surface area (Å²) in [5, 5.41) is 17.5. The quantitative estimate of drug-likeness (QED) is 0.493. The van der Waals surface area contributed by atoms with Gasteiger partial charge in [0.15, 0.2) is 0 Å². The highest BCUT2D eigenvalue weighted by Gasteiger charge is 2.16. The second-order valence-electron chi connectivity index (χ2n) is 2.49. The molecule has 5 heteroatoms. The number of aliphatic hydroxyl groups excluding tert-OH is 1. The number of ether oxygens (including phenoxy) is 1. The lowest BCUT2D eigenvalue weighted by atomic mass is 10.1. The number of nitrogens with two attached hydrogens (primary N) is 1. The summed E-state index contributed by atoms with van der Waals surface area (Å²) in [6.45, 7) is 2.43. The first-order chi connectivity index (χ1) is 5.57. The van der Waals surface area contributed by atoms with Gasteiger partial charge in [0.05, 0.1) is 12.7 Å². The van der Waals surface area contributed by atoms with Gasteiger partial charge in [-0.15, -0.1) is 0 Å². The number of hydrogen-bond donors (Lipinski definition) is 3. The van der Waals surface area contributed by atoms with Gasteiger partial charge in [0.1, 0.15) is 6.04 Å². The Kier molecular flexibility index (Phi) is 5.61. The van der Waals surface area contributed by atoms with Crippen LogP contribution in [0.5, 0.6) is 0 Å². The van der Waals surface area contributed by atoms with Crippen molar-refractivity contribution in [3.63, 3.8) is 0 Å². The van der Waals surface area contributed by atoms with Gasteiger partial charge in [0.25, 0.3) is 0 Å². The van der Waals surface area contributed by atoms with Crippen molar-refractivity contribution in [1.29, 1.82) is 0 Å². The Hall–Kier alpha value is -0.650. The Labute approximate surface area is 71.1 Å². The van der Waals surface area contributed by atoms with Crippen LogP contribution in [-0.4, -0.2) is 41.5 Å². The van der Waals surface area contributed by atoms with Gasteiger partial charge in [0.2, 0.25) is 0 Å². The number of hydrogen-bond acceptors (Lipinski definition) is 4. The smallest absolute Gasteiger partial charge is 0.320 e. The molecule has 0 heterocycles. The maximum Gasteiger partial charge on any atom is 0.320 e. The lowest BCUT2D eigenvalue weighted by Gasteiger charge is -2.12. The molecular formula is C7H15NO4. The van der Waals surface area contributed by atoms with E-state index in [-0.39, 0.29) is 13.0 Å². The highest BCUT2D eigenvalue weighted by atomic mass is 16.5. The summed E-state index contributed by atoms with van der Waals surface area (Å²) in [5.74, 6) is -1.11. The standard InChI is InChI=1S/C7H15NO4/c1-2-12-4-5(9)3-6(8)7(10)11/h5-6,9H,2-4,8H2,1H3,(H,10,11)/t5?,6-/m0/s1. The SMILES string of the molecule is CCOCC(O)C[C@H](N)C(=O)O. The van der Waals surface area contributed by atoms with Crippen LogP contribution in [0.3, 0.4) is 0 Å². The molecule has 0 aromatic heterocycles. The van der Waals surface area contributed by atoms with Crippen LogP contribution < -0.4 is 5.73 Å². The number of aliphatic carboxylic acids is 1. The Morgan fingerprint density at radius 1 is 1.67 bits per heavy atom. The van der Waals surface area contributed by atoms with Crippen molar-refractivity contribution in [2.45, 2.75) is 25.5 Å². The normalized spacial score (nSPS) is 15.6. The van der Waals surface area contributed by atoms with E-state index < -0.39 is 18.1 Å². The van der Waals surface area contributed by atoms with Crippen LogP contribution in [0.2, 0.25) is 0 Å². The van der Waals surface area contributed by atoms with Crippen molar-refractivity contribution in [3.05, 3.63) is 0 Å². The van der Waals surface area contributed by atoms with E-state index in [1.807, 2.05) is 0 Å². The fourth-order valence-corrected chi connectivity index (χ4v) is 0.716. The van der Waals surface area contributed by atoms with Crippen molar-refractivity contribution in [1.82, 2.24) is 0 Å². The second kappa shape index (κ2) is 5.93. The van der Waals surface area contributed by atoms with Crippen LogP contribution in [0.4, 0.5) is 0 Å². The third-order valence-corrected chi connectivity index (χ3v) is 1.36. The number of aliphatic hydroxyl groups is 1. The number of rotatable bonds is 6. The lowest BCUT2D eigenvalue weighted by Crippen LogP contribution is -2.35. The van der Waals surface area contributed by atoms with Gasteiger partial charge in [0, 0.05) is 13.0 Å². The Bertz CT molecular complexity index is 139. The van der Waals surface area contributed by atoms with Gasteiger partial charge in [-0.1, -0.05) is 0 Å². The summed E-state index contributed by atoms with van der Waals surface area (Å²) in [6.07, 6.45) is -0.772. The predicted molar refractivity (Wildman–Crippen MR) is 42.7 cm³/mol. The van der Waals surface area contributed by atoms with E-state index in [9.17, 15) is 4.79 Å². The van der Waals surface area contributed by atoms with E-state index in [4.69, 9.17) is 20.7 Å². The zero-order chi connectivity index (χ0) is 9.56. The topological polar surface area (TPSA) is 92.8 Å². The molecular weight excluding hydrogens is 162 g/mol. The highest BCUT2D eigenvalue weighted by molar-refractivity contribution is 5.73. The Balaban J connectivity index is 3.53. The third kappa shape index (κ3) is 5.06. The molecule has 4 N–H and O–H groups in total. The monoisotopic (exact) mass is 177 g/mol. The minimum absolute atomic E-state index is 0.0231. The molecule has 0 saturated heterocycles. The largest absolute Gasteiger partial charge is 0.480 e. The summed E-state index contributed by atoms with van der Waals surface area (Å²) in [4.78, 5) is 10.2. The number of carboxylic acids is 1. The molecule has 0 radical (unpaired) electrons. The molecule has 12 heavy (non-hydrogen) atoms. The summed E-state index contributed by atoms with van der Waals surface area (Å²) >= 11 is 0. The minimum Gasteiger partial charge on any atom is -0.480 e. The van der Waals surface area contributed by atoms with Gasteiger partial charge >= 0.3 is 5.97 Å². The minimum atomic E-state index is -1.11. The van der Waals surface area contributed by atoms with Crippen LogP contribution in [0.1, 0.15) is 13.3 Å². The first-order valence-electron chi connectivity index (χ1n) is 3.82. The van der Waals surface area contributed by atoms with Gasteiger partial charge in [-0.25, -0.2) is 0 Å². The molecule has 0 aliphatic heterocycles. The van der Waals surface area contributed by atoms with E-state index in [0.29, 0.717) is 6.61 Å². The van der Waals surface area contributed by atoms with E-state index in [2.05, 4.69) is 0 Å². The van der Waals surface area contributed by atoms with Crippen molar-refractivity contribution in [2.75, 3.05) is 13.2 Å². The van der Waals surface area contributed by atoms with Gasteiger partial charge in [-0.3, -0.25) is 4.79 Å². The first-order valence-corrected chi connectivity index (χ1v) is 3.82. The van der Waals surface area contributed by atoms with Crippen molar-refractivity contribution in [2.24, 2.45) is 5.73 Å². The van der Waals surface area contributed by atoms with E-state index in [1.165, 1.54) is 0 Å². The molecule has 0 fully saturated rings. The molecule has 0 aliphatic carbocycles. The van der Waals surface area contributed by atoms with E-state index in [0.717, 1.165) is 0 Å². The van der Waals surface area contributed by atoms with Crippen LogP contribution in [0.25, 0.3) is 0 Å². The molecule has 5 nitrogen and oxygen atoms in total. The third-order valence-electron chi connectivity index (χ3n) is 1.36. The first kappa shape index (κ1) is 11.4.